The first-order chi connectivity index (χ1) is 11.2. The third-order valence-electron chi connectivity index (χ3n) is 4.49. The highest BCUT2D eigenvalue weighted by molar-refractivity contribution is 5.78. The topological polar surface area (TPSA) is 63.1 Å². The van der Waals surface area contributed by atoms with Gasteiger partial charge in [0, 0.05) is 19.1 Å². The molecule has 6 nitrogen and oxygen atoms in total. The Morgan fingerprint density at radius 2 is 2.13 bits per heavy atom. The molecule has 3 rings (SSSR count). The van der Waals surface area contributed by atoms with Crippen molar-refractivity contribution in [1.29, 1.82) is 0 Å². The van der Waals surface area contributed by atoms with E-state index >= 15 is 0 Å². The van der Waals surface area contributed by atoms with Crippen LogP contribution in [0.1, 0.15) is 24.2 Å². The van der Waals surface area contributed by atoms with Crippen LogP contribution in [0, 0.1) is 6.92 Å². The molecule has 2 aromatic rings. The van der Waals surface area contributed by atoms with E-state index in [9.17, 15) is 4.79 Å². The molecule has 1 aliphatic heterocycles. The minimum atomic E-state index is 0.133. The molecule has 0 spiro atoms. The molecule has 1 amide bonds. The fraction of sp³-hybridized carbons (Fsp3) is 0.471. The van der Waals surface area contributed by atoms with E-state index in [4.69, 9.17) is 0 Å². The van der Waals surface area contributed by atoms with Crippen LogP contribution in [0.5, 0.6) is 0 Å². The normalized spacial score (nSPS) is 18.2. The highest BCUT2D eigenvalue weighted by Gasteiger charge is 2.24. The van der Waals surface area contributed by atoms with Crippen LogP contribution >= 0.6 is 0 Å². The van der Waals surface area contributed by atoms with E-state index in [0.29, 0.717) is 12.5 Å². The number of amides is 1. The number of hydrogen-bond acceptors (Lipinski definition) is 4. The lowest BCUT2D eigenvalue weighted by Crippen LogP contribution is -2.47. The van der Waals surface area contributed by atoms with Crippen molar-refractivity contribution in [3.63, 3.8) is 0 Å². The van der Waals surface area contributed by atoms with E-state index in [1.807, 2.05) is 49.2 Å². The second-order valence-corrected chi connectivity index (χ2v) is 6.01. The van der Waals surface area contributed by atoms with Crippen molar-refractivity contribution in [2.45, 2.75) is 32.2 Å². The first-order valence-corrected chi connectivity index (χ1v) is 8.10. The molecular weight excluding hydrogens is 290 g/mol. The number of carbonyl (C=O) groups is 1. The Hall–Kier alpha value is -2.21. The van der Waals surface area contributed by atoms with E-state index in [0.717, 1.165) is 43.0 Å². The highest BCUT2D eigenvalue weighted by Crippen LogP contribution is 2.15. The monoisotopic (exact) mass is 313 g/mol. The summed E-state index contributed by atoms with van der Waals surface area (Å²) in [5.74, 6) is 0.133. The standard InChI is InChI=1S/C17H23N5O/c1-13-16(19-20-22(13)15-8-4-3-5-9-15)11-17(23)21-10-6-7-14(12-21)18-2/h3-5,8-9,14,18H,6-7,10-12H2,1-2H3. The predicted octanol–water partition coefficient (Wildman–Crippen LogP) is 1.33. The van der Waals surface area contributed by atoms with Crippen molar-refractivity contribution in [3.05, 3.63) is 41.7 Å². The summed E-state index contributed by atoms with van der Waals surface area (Å²) in [6.07, 6.45) is 2.49. The zero-order valence-electron chi connectivity index (χ0n) is 13.7. The molecule has 122 valence electrons. The van der Waals surface area contributed by atoms with Crippen LogP contribution in [0.15, 0.2) is 30.3 Å². The largest absolute Gasteiger partial charge is 0.341 e. The Bertz CT molecular complexity index is 667. The lowest BCUT2D eigenvalue weighted by atomic mass is 10.1. The number of rotatable bonds is 4. The molecule has 2 heterocycles. The van der Waals surface area contributed by atoms with Crippen molar-refractivity contribution >= 4 is 5.91 Å². The van der Waals surface area contributed by atoms with E-state index in [1.165, 1.54) is 0 Å². The van der Waals surface area contributed by atoms with Crippen LogP contribution in [0.4, 0.5) is 0 Å². The molecule has 1 aliphatic rings. The maximum atomic E-state index is 12.5. The van der Waals surface area contributed by atoms with Gasteiger partial charge in [-0.25, -0.2) is 4.68 Å². The third-order valence-corrected chi connectivity index (χ3v) is 4.49. The van der Waals surface area contributed by atoms with Gasteiger partial charge in [-0.3, -0.25) is 4.79 Å². The summed E-state index contributed by atoms with van der Waals surface area (Å²) in [6, 6.07) is 10.3. The molecule has 1 saturated heterocycles. The summed E-state index contributed by atoms with van der Waals surface area (Å²) < 4.78 is 1.79. The number of hydrogen-bond donors (Lipinski definition) is 1. The minimum absolute atomic E-state index is 0.133. The second-order valence-electron chi connectivity index (χ2n) is 6.01. The summed E-state index contributed by atoms with van der Waals surface area (Å²) in [5, 5.41) is 11.7. The van der Waals surface area contributed by atoms with E-state index in [-0.39, 0.29) is 5.91 Å². The van der Waals surface area contributed by atoms with Crippen LogP contribution in [-0.4, -0.2) is 52.0 Å². The highest BCUT2D eigenvalue weighted by atomic mass is 16.2. The number of para-hydroxylation sites is 1. The van der Waals surface area contributed by atoms with Gasteiger partial charge in [0.1, 0.15) is 0 Å². The number of benzene rings is 1. The number of nitrogens with one attached hydrogen (secondary N) is 1. The average molecular weight is 313 g/mol. The summed E-state index contributed by atoms with van der Waals surface area (Å²) in [5.41, 5.74) is 2.64. The van der Waals surface area contributed by atoms with E-state index < -0.39 is 0 Å². The van der Waals surface area contributed by atoms with Gasteiger partial charge >= 0.3 is 0 Å². The molecule has 1 fully saturated rings. The Labute approximate surface area is 136 Å². The van der Waals surface area contributed by atoms with Gasteiger partial charge in [-0.2, -0.15) is 0 Å². The molecule has 0 bridgehead atoms. The average Bonchev–Trinajstić information content (AvgIpc) is 2.96. The van der Waals surface area contributed by atoms with Crippen LogP contribution in [-0.2, 0) is 11.2 Å². The summed E-state index contributed by atoms with van der Waals surface area (Å²) in [7, 11) is 1.95. The van der Waals surface area contributed by atoms with Crippen molar-refractivity contribution in [1.82, 2.24) is 25.2 Å². The second kappa shape index (κ2) is 6.91. The lowest BCUT2D eigenvalue weighted by molar-refractivity contribution is -0.131. The number of nitrogens with zero attached hydrogens (tertiary/aromatic N) is 4. The maximum absolute atomic E-state index is 12.5. The Balaban J connectivity index is 1.71. The van der Waals surface area contributed by atoms with Gasteiger partial charge in [-0.15, -0.1) is 5.10 Å². The molecular formula is C17H23N5O. The van der Waals surface area contributed by atoms with E-state index in [1.54, 1.807) is 4.68 Å². The van der Waals surface area contributed by atoms with Gasteiger partial charge in [0.15, 0.2) is 0 Å². The Morgan fingerprint density at radius 1 is 1.35 bits per heavy atom. The van der Waals surface area contributed by atoms with Crippen molar-refractivity contribution in [3.8, 4) is 5.69 Å². The van der Waals surface area contributed by atoms with Gasteiger partial charge in [0.2, 0.25) is 5.91 Å². The fourth-order valence-electron chi connectivity index (χ4n) is 3.03. The van der Waals surface area contributed by atoms with E-state index in [2.05, 4.69) is 15.6 Å². The van der Waals surface area contributed by atoms with Crippen molar-refractivity contribution < 1.29 is 4.79 Å². The molecule has 0 radical (unpaired) electrons. The minimum Gasteiger partial charge on any atom is -0.341 e. The molecule has 1 unspecified atom stereocenters. The molecule has 6 heteroatoms. The molecule has 0 aliphatic carbocycles. The maximum Gasteiger partial charge on any atom is 0.228 e. The van der Waals surface area contributed by atoms with Crippen LogP contribution in [0.3, 0.4) is 0 Å². The summed E-state index contributed by atoms with van der Waals surface area (Å²) in [4.78, 5) is 14.5. The third kappa shape index (κ3) is 3.42. The number of carbonyl (C=O) groups excluding carboxylic acids is 1. The van der Waals surface area contributed by atoms with Crippen molar-refractivity contribution in [2.75, 3.05) is 20.1 Å². The van der Waals surface area contributed by atoms with Crippen LogP contribution < -0.4 is 5.32 Å². The van der Waals surface area contributed by atoms with Gasteiger partial charge in [0.05, 0.1) is 23.5 Å². The first-order valence-electron chi connectivity index (χ1n) is 8.10. The number of piperidine rings is 1. The summed E-state index contributed by atoms with van der Waals surface area (Å²) >= 11 is 0. The van der Waals surface area contributed by atoms with Gasteiger partial charge in [-0.1, -0.05) is 23.4 Å². The van der Waals surface area contributed by atoms with Gasteiger partial charge < -0.3 is 10.2 Å². The van der Waals surface area contributed by atoms with Gasteiger partial charge in [-0.05, 0) is 38.9 Å². The summed E-state index contributed by atoms with van der Waals surface area (Å²) in [6.45, 7) is 3.58. The zero-order chi connectivity index (χ0) is 16.2. The van der Waals surface area contributed by atoms with Crippen LogP contribution in [0.2, 0.25) is 0 Å². The number of aromatic nitrogens is 3. The molecule has 1 aromatic heterocycles. The van der Waals surface area contributed by atoms with Gasteiger partial charge in [0.25, 0.3) is 0 Å². The molecule has 1 atom stereocenters. The SMILES string of the molecule is CNC1CCCN(C(=O)Cc2nnn(-c3ccccc3)c2C)C1. The molecule has 1 aromatic carbocycles. The molecule has 23 heavy (non-hydrogen) atoms. The zero-order valence-corrected chi connectivity index (χ0v) is 13.7. The quantitative estimate of drug-likeness (QED) is 0.925. The smallest absolute Gasteiger partial charge is 0.228 e. The Kier molecular flexibility index (Phi) is 4.71. The Morgan fingerprint density at radius 3 is 2.87 bits per heavy atom. The fourth-order valence-corrected chi connectivity index (χ4v) is 3.03. The number of likely N-dealkylation sites (N-methyl/N-ethyl adjacent to an activating group) is 1. The predicted molar refractivity (Wildman–Crippen MR) is 88.5 cm³/mol. The lowest BCUT2D eigenvalue weighted by Gasteiger charge is -2.32. The van der Waals surface area contributed by atoms with Crippen molar-refractivity contribution in [2.24, 2.45) is 0 Å². The first kappa shape index (κ1) is 15.7. The van der Waals surface area contributed by atoms with Crippen LogP contribution in [0.25, 0.3) is 5.69 Å². The molecule has 1 N–H and O–H groups in total. The number of likely N-dealkylation sites (tertiary alicyclic amines) is 1. The molecule has 0 saturated carbocycles.